The van der Waals surface area contributed by atoms with E-state index in [0.29, 0.717) is 5.69 Å². The van der Waals surface area contributed by atoms with Crippen molar-refractivity contribution in [3.63, 3.8) is 0 Å². The average molecular weight is 302 g/mol. The van der Waals surface area contributed by atoms with Gasteiger partial charge in [0.05, 0.1) is 33.3 Å². The number of thiazole rings is 1. The maximum atomic E-state index is 11.1. The zero-order chi connectivity index (χ0) is 15.6. The fourth-order valence-corrected chi connectivity index (χ4v) is 3.05. The molecule has 1 N–H and O–H groups in total. The summed E-state index contributed by atoms with van der Waals surface area (Å²) in [5, 5.41) is 24.1. The largest absolute Gasteiger partial charge is 0.372 e. The minimum Gasteiger partial charge on any atom is -0.372 e. The first kappa shape index (κ1) is 14.9. The van der Waals surface area contributed by atoms with Crippen LogP contribution in [0, 0.1) is 35.3 Å². The molecule has 1 aromatic heterocycles. The first-order chi connectivity index (χ1) is 9.92. The second-order valence-corrected chi connectivity index (χ2v) is 5.88. The van der Waals surface area contributed by atoms with Crippen LogP contribution in [0.2, 0.25) is 0 Å². The van der Waals surface area contributed by atoms with Crippen LogP contribution in [-0.4, -0.2) is 9.91 Å². The molecule has 0 aliphatic rings. The zero-order valence-electron chi connectivity index (χ0n) is 11.9. The number of anilines is 1. The predicted molar refractivity (Wildman–Crippen MR) is 81.4 cm³/mol. The Kier molecular flexibility index (Phi) is 4.19. The summed E-state index contributed by atoms with van der Waals surface area (Å²) < 4.78 is 0. The molecule has 2 aromatic rings. The molecule has 21 heavy (non-hydrogen) atoms. The molecule has 0 saturated heterocycles. The second-order valence-electron chi connectivity index (χ2n) is 4.65. The van der Waals surface area contributed by atoms with Gasteiger partial charge in [0, 0.05) is 10.9 Å². The van der Waals surface area contributed by atoms with E-state index in [0.717, 1.165) is 15.6 Å². The molecular weight excluding hydrogens is 288 g/mol. The lowest BCUT2D eigenvalue weighted by molar-refractivity contribution is -0.384. The Balaban J connectivity index is 2.33. The topological polar surface area (TPSA) is 91.8 Å². The van der Waals surface area contributed by atoms with E-state index in [1.54, 1.807) is 23.5 Å². The van der Waals surface area contributed by atoms with Crippen molar-refractivity contribution >= 4 is 22.7 Å². The van der Waals surface area contributed by atoms with Crippen molar-refractivity contribution < 1.29 is 4.92 Å². The van der Waals surface area contributed by atoms with Gasteiger partial charge in [-0.1, -0.05) is 0 Å². The van der Waals surface area contributed by atoms with E-state index in [1.165, 1.54) is 6.07 Å². The number of nitrogens with one attached hydrogen (secondary N) is 1. The molecular formula is C14H14N4O2S. The van der Waals surface area contributed by atoms with Crippen LogP contribution in [0.25, 0.3) is 0 Å². The molecule has 2 rings (SSSR count). The highest BCUT2D eigenvalue weighted by Crippen LogP contribution is 2.32. The number of benzene rings is 1. The van der Waals surface area contributed by atoms with Gasteiger partial charge in [0.25, 0.3) is 5.69 Å². The minimum absolute atomic E-state index is 0.0946. The van der Waals surface area contributed by atoms with Gasteiger partial charge in [0.15, 0.2) is 0 Å². The van der Waals surface area contributed by atoms with Gasteiger partial charge in [-0.2, -0.15) is 5.26 Å². The van der Waals surface area contributed by atoms with E-state index in [1.807, 2.05) is 26.8 Å². The molecule has 108 valence electrons. The minimum atomic E-state index is -0.485. The summed E-state index contributed by atoms with van der Waals surface area (Å²) >= 11 is 1.57. The molecule has 0 aliphatic heterocycles. The Hall–Kier alpha value is -2.46. The highest BCUT2D eigenvalue weighted by molar-refractivity contribution is 7.11. The molecule has 1 aromatic carbocycles. The molecule has 0 amide bonds. The molecule has 6 nitrogen and oxygen atoms in total. The smallest absolute Gasteiger partial charge is 0.293 e. The predicted octanol–water partition coefficient (Wildman–Crippen LogP) is 3.71. The summed E-state index contributed by atoms with van der Waals surface area (Å²) in [6.45, 7) is 5.78. The number of aryl methyl sites for hydroxylation is 2. The van der Waals surface area contributed by atoms with Crippen LogP contribution < -0.4 is 5.32 Å². The van der Waals surface area contributed by atoms with Crippen LogP contribution in [0.5, 0.6) is 0 Å². The van der Waals surface area contributed by atoms with Crippen molar-refractivity contribution in [1.29, 1.82) is 5.26 Å². The number of nitriles is 1. The van der Waals surface area contributed by atoms with E-state index in [-0.39, 0.29) is 17.3 Å². The Morgan fingerprint density at radius 3 is 2.71 bits per heavy atom. The van der Waals surface area contributed by atoms with E-state index in [2.05, 4.69) is 10.3 Å². The highest BCUT2D eigenvalue weighted by atomic mass is 32.1. The van der Waals surface area contributed by atoms with E-state index < -0.39 is 4.92 Å². The Bertz CT molecular complexity index is 733. The van der Waals surface area contributed by atoms with Crippen LogP contribution in [0.4, 0.5) is 11.4 Å². The van der Waals surface area contributed by atoms with Crippen molar-refractivity contribution in [2.75, 3.05) is 5.32 Å². The fraction of sp³-hybridized carbons (Fsp3) is 0.286. The van der Waals surface area contributed by atoms with Gasteiger partial charge in [-0.15, -0.1) is 11.3 Å². The number of nitrogens with zero attached hydrogens (tertiary/aromatic N) is 3. The third-order valence-electron chi connectivity index (χ3n) is 3.03. The van der Waals surface area contributed by atoms with Crippen molar-refractivity contribution in [3.05, 3.63) is 49.5 Å². The number of rotatable bonds is 4. The summed E-state index contributed by atoms with van der Waals surface area (Å²) in [7, 11) is 0. The standard InChI is InChI=1S/C14H14N4O2S/c1-8-14(21-10(3)16-8)9(2)17-12-5-4-11(7-15)6-13(12)18(19)20/h4-6,9,17H,1-3H3. The number of aromatic nitrogens is 1. The fourth-order valence-electron chi connectivity index (χ4n) is 2.12. The van der Waals surface area contributed by atoms with E-state index >= 15 is 0 Å². The van der Waals surface area contributed by atoms with Crippen LogP contribution in [0.1, 0.15) is 34.1 Å². The maximum Gasteiger partial charge on any atom is 0.293 e. The Morgan fingerprint density at radius 2 is 2.19 bits per heavy atom. The molecule has 0 saturated carbocycles. The summed E-state index contributed by atoms with van der Waals surface area (Å²) in [6.07, 6.45) is 0. The lowest BCUT2D eigenvalue weighted by atomic mass is 10.1. The monoisotopic (exact) mass is 302 g/mol. The molecule has 7 heteroatoms. The Morgan fingerprint density at radius 1 is 1.48 bits per heavy atom. The molecule has 1 atom stereocenters. The highest BCUT2D eigenvalue weighted by Gasteiger charge is 2.19. The normalized spacial score (nSPS) is 11.7. The number of nitro benzene ring substituents is 1. The number of hydrogen-bond donors (Lipinski definition) is 1. The summed E-state index contributed by atoms with van der Waals surface area (Å²) in [4.78, 5) is 16.0. The number of nitro groups is 1. The first-order valence-corrected chi connectivity index (χ1v) is 7.13. The van der Waals surface area contributed by atoms with Crippen molar-refractivity contribution in [1.82, 2.24) is 4.98 Å². The van der Waals surface area contributed by atoms with Crippen LogP contribution in [0.3, 0.4) is 0 Å². The Labute approximate surface area is 126 Å². The lowest BCUT2D eigenvalue weighted by Crippen LogP contribution is -2.08. The molecule has 0 fully saturated rings. The maximum absolute atomic E-state index is 11.1. The molecule has 0 bridgehead atoms. The SMILES string of the molecule is Cc1nc(C)c(C(C)Nc2ccc(C#N)cc2[N+](=O)[O-])s1. The van der Waals surface area contributed by atoms with Gasteiger partial charge in [0.2, 0.25) is 0 Å². The van der Waals surface area contributed by atoms with Crippen LogP contribution >= 0.6 is 11.3 Å². The van der Waals surface area contributed by atoms with Gasteiger partial charge >= 0.3 is 0 Å². The molecule has 0 spiro atoms. The van der Waals surface area contributed by atoms with Gasteiger partial charge in [-0.25, -0.2) is 4.98 Å². The molecule has 1 heterocycles. The van der Waals surface area contributed by atoms with Gasteiger partial charge in [-0.3, -0.25) is 10.1 Å². The quantitative estimate of drug-likeness (QED) is 0.686. The zero-order valence-corrected chi connectivity index (χ0v) is 12.7. The average Bonchev–Trinajstić information content (AvgIpc) is 2.78. The van der Waals surface area contributed by atoms with Gasteiger partial charge < -0.3 is 5.32 Å². The number of hydrogen-bond acceptors (Lipinski definition) is 6. The molecule has 0 aliphatic carbocycles. The van der Waals surface area contributed by atoms with E-state index in [4.69, 9.17) is 5.26 Å². The molecule has 0 radical (unpaired) electrons. The van der Waals surface area contributed by atoms with Gasteiger partial charge in [-0.05, 0) is 32.9 Å². The second kappa shape index (κ2) is 5.89. The summed E-state index contributed by atoms with van der Waals surface area (Å²) in [5.41, 5.74) is 1.50. The summed E-state index contributed by atoms with van der Waals surface area (Å²) in [5.74, 6) is 0. The van der Waals surface area contributed by atoms with Crippen LogP contribution in [0.15, 0.2) is 18.2 Å². The van der Waals surface area contributed by atoms with Crippen molar-refractivity contribution in [2.45, 2.75) is 26.8 Å². The first-order valence-electron chi connectivity index (χ1n) is 6.31. The third kappa shape index (κ3) is 3.17. The lowest BCUT2D eigenvalue weighted by Gasteiger charge is -2.14. The van der Waals surface area contributed by atoms with Gasteiger partial charge in [0.1, 0.15) is 5.69 Å². The third-order valence-corrected chi connectivity index (χ3v) is 4.28. The van der Waals surface area contributed by atoms with E-state index in [9.17, 15) is 10.1 Å². The van der Waals surface area contributed by atoms with Crippen molar-refractivity contribution in [2.24, 2.45) is 0 Å². The summed E-state index contributed by atoms with van der Waals surface area (Å²) in [6, 6.07) is 6.22. The molecule has 1 unspecified atom stereocenters. The van der Waals surface area contributed by atoms with Crippen molar-refractivity contribution in [3.8, 4) is 6.07 Å². The van der Waals surface area contributed by atoms with Crippen LogP contribution in [-0.2, 0) is 0 Å².